The molecular formula is C16H9BrF2N2. The predicted octanol–water partition coefficient (Wildman–Crippen LogP) is 4.85. The van der Waals surface area contributed by atoms with Crippen LogP contribution < -0.4 is 0 Å². The fourth-order valence-corrected chi connectivity index (χ4v) is 2.17. The number of halogens is 3. The molecule has 0 unspecified atom stereocenters. The zero-order valence-corrected chi connectivity index (χ0v) is 12.3. The van der Waals surface area contributed by atoms with E-state index in [9.17, 15) is 8.78 Å². The maximum atomic E-state index is 13.5. The molecule has 0 amide bonds. The van der Waals surface area contributed by atoms with Gasteiger partial charge in [-0.3, -0.25) is 0 Å². The summed E-state index contributed by atoms with van der Waals surface area (Å²) in [6.45, 7) is 0. The van der Waals surface area contributed by atoms with Crippen LogP contribution in [0.4, 0.5) is 8.78 Å². The van der Waals surface area contributed by atoms with Crippen LogP contribution in [0.2, 0.25) is 0 Å². The van der Waals surface area contributed by atoms with E-state index in [0.717, 1.165) is 11.1 Å². The molecule has 0 fully saturated rings. The van der Waals surface area contributed by atoms with Crippen LogP contribution in [0.3, 0.4) is 0 Å². The molecule has 1 heterocycles. The molecule has 0 aliphatic carbocycles. The number of nitrogens with zero attached hydrogens (tertiary/aromatic N) is 2. The van der Waals surface area contributed by atoms with Gasteiger partial charge in [0.25, 0.3) is 0 Å². The van der Waals surface area contributed by atoms with Crippen LogP contribution in [0.15, 0.2) is 59.3 Å². The normalized spacial score (nSPS) is 10.6. The fraction of sp³-hybridized carbons (Fsp3) is 0. The highest BCUT2D eigenvalue weighted by atomic mass is 79.9. The second-order valence-corrected chi connectivity index (χ2v) is 5.21. The van der Waals surface area contributed by atoms with Crippen molar-refractivity contribution in [3.05, 3.63) is 71.0 Å². The summed E-state index contributed by atoms with van der Waals surface area (Å²) in [4.78, 5) is 8.35. The van der Waals surface area contributed by atoms with Gasteiger partial charge < -0.3 is 0 Å². The summed E-state index contributed by atoms with van der Waals surface area (Å²) >= 11 is 2.84. The highest BCUT2D eigenvalue weighted by molar-refractivity contribution is 9.10. The first kappa shape index (κ1) is 13.8. The second kappa shape index (κ2) is 5.69. The largest absolute Gasteiger partial charge is 0.236 e. The number of hydrogen-bond donors (Lipinski definition) is 0. The molecule has 104 valence electrons. The molecule has 2 nitrogen and oxygen atoms in total. The minimum atomic E-state index is -0.680. The van der Waals surface area contributed by atoms with E-state index in [0.29, 0.717) is 5.56 Å². The standard InChI is InChI=1S/C16H9BrF2N2/c17-15-13(18)6-11(7-14(15)19)16-20-8-12(9-21-16)10-4-2-1-3-5-10/h1-9H. The Morgan fingerprint density at radius 1 is 0.762 bits per heavy atom. The second-order valence-electron chi connectivity index (χ2n) is 4.42. The van der Waals surface area contributed by atoms with Gasteiger partial charge in [0.05, 0.1) is 4.47 Å². The maximum absolute atomic E-state index is 13.5. The predicted molar refractivity (Wildman–Crippen MR) is 80.5 cm³/mol. The van der Waals surface area contributed by atoms with Crippen molar-refractivity contribution in [3.8, 4) is 22.5 Å². The van der Waals surface area contributed by atoms with Crippen LogP contribution in [0, 0.1) is 11.6 Å². The first-order chi connectivity index (χ1) is 10.1. The maximum Gasteiger partial charge on any atom is 0.159 e. The Hall–Kier alpha value is -2.14. The molecular weight excluding hydrogens is 338 g/mol. The van der Waals surface area contributed by atoms with Gasteiger partial charge in [-0.1, -0.05) is 30.3 Å². The van der Waals surface area contributed by atoms with Crippen LogP contribution in [0.5, 0.6) is 0 Å². The Labute approximate surface area is 128 Å². The third-order valence-electron chi connectivity index (χ3n) is 3.00. The van der Waals surface area contributed by atoms with Crippen LogP contribution >= 0.6 is 15.9 Å². The van der Waals surface area contributed by atoms with Gasteiger partial charge >= 0.3 is 0 Å². The summed E-state index contributed by atoms with van der Waals surface area (Å²) in [7, 11) is 0. The lowest BCUT2D eigenvalue weighted by Crippen LogP contribution is -1.93. The van der Waals surface area contributed by atoms with E-state index in [2.05, 4.69) is 25.9 Å². The first-order valence-corrected chi connectivity index (χ1v) is 6.97. The molecule has 0 bridgehead atoms. The summed E-state index contributed by atoms with van der Waals surface area (Å²) < 4.78 is 26.9. The van der Waals surface area contributed by atoms with Crippen molar-refractivity contribution in [1.29, 1.82) is 0 Å². The Morgan fingerprint density at radius 3 is 1.90 bits per heavy atom. The minimum Gasteiger partial charge on any atom is -0.236 e. The molecule has 3 aromatic rings. The van der Waals surface area contributed by atoms with Crippen LogP contribution in [0.25, 0.3) is 22.5 Å². The van der Waals surface area contributed by atoms with Crippen LogP contribution in [-0.2, 0) is 0 Å². The zero-order chi connectivity index (χ0) is 14.8. The summed E-state index contributed by atoms with van der Waals surface area (Å²) in [5.74, 6) is -1.08. The molecule has 0 saturated carbocycles. The lowest BCUT2D eigenvalue weighted by molar-refractivity contribution is 0.572. The van der Waals surface area contributed by atoms with Gasteiger partial charge in [0, 0.05) is 23.5 Å². The molecule has 5 heteroatoms. The minimum absolute atomic E-state index is 0.188. The molecule has 3 rings (SSSR count). The van der Waals surface area contributed by atoms with Gasteiger partial charge in [0.15, 0.2) is 5.82 Å². The van der Waals surface area contributed by atoms with E-state index >= 15 is 0 Å². The number of aromatic nitrogens is 2. The molecule has 0 atom stereocenters. The zero-order valence-electron chi connectivity index (χ0n) is 10.7. The van der Waals surface area contributed by atoms with Crippen molar-refractivity contribution in [2.75, 3.05) is 0 Å². The van der Waals surface area contributed by atoms with Gasteiger partial charge in [-0.25, -0.2) is 18.7 Å². The molecule has 0 N–H and O–H groups in total. The van der Waals surface area contributed by atoms with Gasteiger partial charge in [-0.2, -0.15) is 0 Å². The van der Waals surface area contributed by atoms with Gasteiger partial charge in [-0.15, -0.1) is 0 Å². The van der Waals surface area contributed by atoms with Crippen molar-refractivity contribution in [2.45, 2.75) is 0 Å². The topological polar surface area (TPSA) is 25.8 Å². The molecule has 1 aromatic heterocycles. The van der Waals surface area contributed by atoms with Gasteiger partial charge in [0.2, 0.25) is 0 Å². The van der Waals surface area contributed by atoms with E-state index in [1.165, 1.54) is 12.1 Å². The van der Waals surface area contributed by atoms with Gasteiger partial charge in [0.1, 0.15) is 11.6 Å². The summed E-state index contributed by atoms with van der Waals surface area (Å²) in [5, 5.41) is 0. The Kier molecular flexibility index (Phi) is 3.75. The molecule has 0 aliphatic rings. The van der Waals surface area contributed by atoms with E-state index in [1.807, 2.05) is 30.3 Å². The van der Waals surface area contributed by atoms with E-state index in [4.69, 9.17) is 0 Å². The average Bonchev–Trinajstić information content (AvgIpc) is 2.53. The van der Waals surface area contributed by atoms with E-state index in [1.54, 1.807) is 12.4 Å². The fourth-order valence-electron chi connectivity index (χ4n) is 1.94. The van der Waals surface area contributed by atoms with Crippen LogP contribution in [0.1, 0.15) is 0 Å². The van der Waals surface area contributed by atoms with E-state index < -0.39 is 11.6 Å². The van der Waals surface area contributed by atoms with Crippen molar-refractivity contribution in [1.82, 2.24) is 9.97 Å². The quantitative estimate of drug-likeness (QED) is 0.619. The third-order valence-corrected chi connectivity index (χ3v) is 3.76. The van der Waals surface area contributed by atoms with Gasteiger partial charge in [-0.05, 0) is 33.6 Å². The summed E-state index contributed by atoms with van der Waals surface area (Å²) in [5.41, 5.74) is 2.13. The number of benzene rings is 2. The van der Waals surface area contributed by atoms with E-state index in [-0.39, 0.29) is 10.3 Å². The molecule has 0 aliphatic heterocycles. The SMILES string of the molecule is Fc1cc(-c2ncc(-c3ccccc3)cn2)cc(F)c1Br. The molecule has 21 heavy (non-hydrogen) atoms. The molecule has 0 radical (unpaired) electrons. The number of hydrogen-bond acceptors (Lipinski definition) is 2. The monoisotopic (exact) mass is 346 g/mol. The Morgan fingerprint density at radius 2 is 1.33 bits per heavy atom. The lowest BCUT2D eigenvalue weighted by Gasteiger charge is -2.05. The highest BCUT2D eigenvalue weighted by Crippen LogP contribution is 2.26. The molecule has 0 saturated heterocycles. The summed E-state index contributed by atoms with van der Waals surface area (Å²) in [6, 6.07) is 12.0. The summed E-state index contributed by atoms with van der Waals surface area (Å²) in [6.07, 6.45) is 3.27. The number of rotatable bonds is 2. The molecule has 2 aromatic carbocycles. The van der Waals surface area contributed by atoms with Crippen LogP contribution in [-0.4, -0.2) is 9.97 Å². The van der Waals surface area contributed by atoms with Crippen molar-refractivity contribution in [2.24, 2.45) is 0 Å². The first-order valence-electron chi connectivity index (χ1n) is 6.17. The Bertz CT molecular complexity index is 751. The average molecular weight is 347 g/mol. The Balaban J connectivity index is 1.98. The lowest BCUT2D eigenvalue weighted by atomic mass is 10.1. The van der Waals surface area contributed by atoms with Crippen molar-refractivity contribution in [3.63, 3.8) is 0 Å². The van der Waals surface area contributed by atoms with Crippen molar-refractivity contribution < 1.29 is 8.78 Å². The smallest absolute Gasteiger partial charge is 0.159 e. The highest BCUT2D eigenvalue weighted by Gasteiger charge is 2.11. The van der Waals surface area contributed by atoms with Crippen molar-refractivity contribution >= 4 is 15.9 Å². The molecule has 0 spiro atoms. The third kappa shape index (κ3) is 2.83.